The number of rotatable bonds is 5. The molecule has 3 aromatic carbocycles. The van der Waals surface area contributed by atoms with E-state index in [9.17, 15) is 9.59 Å². The number of methoxy groups -OCH3 is 1. The molecule has 4 N–H and O–H groups in total. The van der Waals surface area contributed by atoms with Crippen LogP contribution in [0.5, 0.6) is 11.5 Å². The van der Waals surface area contributed by atoms with Gasteiger partial charge in [-0.2, -0.15) is 0 Å². The lowest BCUT2D eigenvalue weighted by molar-refractivity contribution is 0.186. The topological polar surface area (TPSA) is 117 Å². The minimum Gasteiger partial charge on any atom is -0.455 e. The second kappa shape index (κ2) is 9.14. The highest BCUT2D eigenvalue weighted by Gasteiger charge is 2.13. The Bertz CT molecular complexity index is 1380. The summed E-state index contributed by atoms with van der Waals surface area (Å²) >= 11 is 0. The number of benzene rings is 3. The smallest absolute Gasteiger partial charge is 0.413 e. The first-order valence-electron chi connectivity index (χ1n) is 10.9. The van der Waals surface area contributed by atoms with Crippen molar-refractivity contribution in [3.05, 3.63) is 71.8 Å². The fourth-order valence-corrected chi connectivity index (χ4v) is 4.00. The van der Waals surface area contributed by atoms with Gasteiger partial charge in [-0.1, -0.05) is 18.2 Å². The van der Waals surface area contributed by atoms with Gasteiger partial charge in [0, 0.05) is 17.4 Å². The summed E-state index contributed by atoms with van der Waals surface area (Å²) in [4.78, 5) is 31.3. The average Bonchev–Trinajstić information content (AvgIpc) is 3.46. The van der Waals surface area contributed by atoms with Crippen molar-refractivity contribution < 1.29 is 19.1 Å². The van der Waals surface area contributed by atoms with Gasteiger partial charge in [0.25, 0.3) is 0 Å². The number of amides is 3. The third kappa shape index (κ3) is 4.63. The number of hydrogen-bond donors (Lipinski definition) is 4. The number of carbonyl (C=O) groups is 2. The molecule has 0 aliphatic heterocycles. The Balaban J connectivity index is 1.28. The van der Waals surface area contributed by atoms with Crippen LogP contribution in [0, 0.1) is 0 Å². The summed E-state index contributed by atoms with van der Waals surface area (Å²) in [6.07, 6.45) is 2.68. The lowest BCUT2D eigenvalue weighted by Crippen LogP contribution is -2.19. The van der Waals surface area contributed by atoms with Gasteiger partial charge >= 0.3 is 12.1 Å². The first kappa shape index (κ1) is 21.3. The molecule has 9 heteroatoms. The van der Waals surface area contributed by atoms with Gasteiger partial charge in [-0.05, 0) is 66.8 Å². The van der Waals surface area contributed by atoms with E-state index in [1.807, 2.05) is 24.3 Å². The van der Waals surface area contributed by atoms with Crippen molar-refractivity contribution >= 4 is 40.5 Å². The van der Waals surface area contributed by atoms with E-state index in [0.717, 1.165) is 24.9 Å². The van der Waals surface area contributed by atoms with Crippen molar-refractivity contribution in [2.45, 2.75) is 19.3 Å². The molecule has 0 spiro atoms. The Labute approximate surface area is 195 Å². The molecule has 34 heavy (non-hydrogen) atoms. The Morgan fingerprint density at radius 1 is 0.912 bits per heavy atom. The van der Waals surface area contributed by atoms with Gasteiger partial charge < -0.3 is 25.1 Å². The number of nitrogens with one attached hydrogen (secondary N) is 4. The number of nitrogens with zero attached hydrogens (tertiary/aromatic N) is 1. The first-order valence-corrected chi connectivity index (χ1v) is 10.9. The molecule has 0 saturated heterocycles. The highest BCUT2D eigenvalue weighted by atomic mass is 16.5. The quantitative estimate of drug-likeness (QED) is 0.308. The maximum Gasteiger partial charge on any atom is 0.413 e. The van der Waals surface area contributed by atoms with E-state index in [1.54, 1.807) is 30.3 Å². The molecule has 4 aromatic rings. The molecule has 0 fully saturated rings. The summed E-state index contributed by atoms with van der Waals surface area (Å²) in [6, 6.07) is 18.2. The van der Waals surface area contributed by atoms with Crippen molar-refractivity contribution in [1.29, 1.82) is 0 Å². The van der Waals surface area contributed by atoms with E-state index in [2.05, 4.69) is 36.7 Å². The zero-order valence-electron chi connectivity index (χ0n) is 18.5. The molecule has 9 nitrogen and oxygen atoms in total. The molecule has 1 aromatic heterocycles. The summed E-state index contributed by atoms with van der Waals surface area (Å²) in [6.45, 7) is 0. The highest BCUT2D eigenvalue weighted by Crippen LogP contribution is 2.31. The van der Waals surface area contributed by atoms with Crippen molar-refractivity contribution in [3.8, 4) is 11.5 Å². The van der Waals surface area contributed by atoms with Crippen LogP contribution in [-0.2, 0) is 17.6 Å². The van der Waals surface area contributed by atoms with Crippen LogP contribution in [0.1, 0.15) is 17.5 Å². The molecule has 1 aliphatic carbocycles. The largest absolute Gasteiger partial charge is 0.455 e. The molecule has 0 saturated carbocycles. The number of aryl methyl sites for hydroxylation is 2. The molecular formula is C25H23N5O4. The van der Waals surface area contributed by atoms with Crippen molar-refractivity contribution in [3.63, 3.8) is 0 Å². The number of imidazole rings is 1. The van der Waals surface area contributed by atoms with Gasteiger partial charge in [-0.15, -0.1) is 0 Å². The monoisotopic (exact) mass is 457 g/mol. The zero-order valence-corrected chi connectivity index (χ0v) is 18.5. The van der Waals surface area contributed by atoms with Crippen molar-refractivity contribution in [2.75, 3.05) is 23.1 Å². The second-order valence-electron chi connectivity index (χ2n) is 7.90. The number of carbonyl (C=O) groups excluding carboxylic acids is 2. The number of H-pyrrole nitrogens is 1. The Morgan fingerprint density at radius 2 is 1.71 bits per heavy atom. The first-order chi connectivity index (χ1) is 16.6. The van der Waals surface area contributed by atoms with Crippen molar-refractivity contribution in [1.82, 2.24) is 9.97 Å². The fourth-order valence-electron chi connectivity index (χ4n) is 4.00. The van der Waals surface area contributed by atoms with Crippen molar-refractivity contribution in [2.24, 2.45) is 0 Å². The van der Waals surface area contributed by atoms with Gasteiger partial charge in [0.15, 0.2) is 5.75 Å². The predicted octanol–water partition coefficient (Wildman–Crippen LogP) is 5.67. The summed E-state index contributed by atoms with van der Waals surface area (Å²) < 4.78 is 10.6. The Morgan fingerprint density at radius 3 is 2.56 bits per heavy atom. The minimum atomic E-state index is -0.626. The number of ether oxygens (including phenoxy) is 2. The second-order valence-corrected chi connectivity index (χ2v) is 7.90. The van der Waals surface area contributed by atoms with E-state index in [1.165, 1.54) is 18.2 Å². The number of hydrogen-bond acceptors (Lipinski definition) is 5. The summed E-state index contributed by atoms with van der Waals surface area (Å²) in [5, 5.41) is 8.23. The van der Waals surface area contributed by atoms with Crippen LogP contribution in [0.4, 0.5) is 26.9 Å². The van der Waals surface area contributed by atoms with Crippen LogP contribution in [0.2, 0.25) is 0 Å². The molecule has 0 unspecified atom stereocenters. The maximum absolute atomic E-state index is 12.5. The summed E-state index contributed by atoms with van der Waals surface area (Å²) in [7, 11) is 1.28. The number of urea groups is 1. The lowest BCUT2D eigenvalue weighted by Gasteiger charge is -2.11. The van der Waals surface area contributed by atoms with E-state index in [0.29, 0.717) is 28.2 Å². The zero-order chi connectivity index (χ0) is 23.5. The van der Waals surface area contributed by atoms with Crippen LogP contribution in [0.3, 0.4) is 0 Å². The lowest BCUT2D eigenvalue weighted by atomic mass is 10.1. The highest BCUT2D eigenvalue weighted by molar-refractivity contribution is 6.00. The number of fused-ring (bicyclic) bond motifs is 2. The molecule has 3 amide bonds. The Hall–Kier alpha value is -4.53. The molecule has 0 atom stereocenters. The average molecular weight is 457 g/mol. The van der Waals surface area contributed by atoms with Crippen LogP contribution < -0.4 is 20.7 Å². The van der Waals surface area contributed by atoms with Gasteiger partial charge in [-0.25, -0.2) is 14.6 Å². The van der Waals surface area contributed by atoms with Crippen LogP contribution in [-0.4, -0.2) is 29.2 Å². The third-order valence-corrected chi connectivity index (χ3v) is 5.56. The molecule has 1 heterocycles. The molecule has 5 rings (SSSR count). The summed E-state index contributed by atoms with van der Waals surface area (Å²) in [5.41, 5.74) is 5.24. The van der Waals surface area contributed by atoms with Gasteiger partial charge in [-0.3, -0.25) is 5.32 Å². The molecule has 1 aliphatic rings. The standard InChI is InChI=1S/C25H23N5O4/c1-33-25(32)30-23-28-20-9-4-10-21(22(20)29-23)34-19-8-3-7-17(14-19)26-24(31)27-18-12-11-15-5-2-6-16(15)13-18/h3-4,7-14H,2,5-6H2,1H3,(H2,26,27,31)(H2,28,29,30,32). The number of aromatic amines is 1. The van der Waals surface area contributed by atoms with E-state index >= 15 is 0 Å². The predicted molar refractivity (Wildman–Crippen MR) is 130 cm³/mol. The van der Waals surface area contributed by atoms with E-state index < -0.39 is 6.09 Å². The van der Waals surface area contributed by atoms with Crippen LogP contribution in [0.25, 0.3) is 11.0 Å². The van der Waals surface area contributed by atoms with Crippen LogP contribution >= 0.6 is 0 Å². The molecule has 172 valence electrons. The van der Waals surface area contributed by atoms with Crippen LogP contribution in [0.15, 0.2) is 60.7 Å². The molecule has 0 bridgehead atoms. The third-order valence-electron chi connectivity index (χ3n) is 5.56. The molecular weight excluding hydrogens is 434 g/mol. The van der Waals surface area contributed by atoms with Gasteiger partial charge in [0.1, 0.15) is 11.3 Å². The summed E-state index contributed by atoms with van der Waals surface area (Å²) in [5.74, 6) is 1.26. The molecule has 0 radical (unpaired) electrons. The Kier molecular flexibility index (Phi) is 5.73. The van der Waals surface area contributed by atoms with Gasteiger partial charge in [0.05, 0.1) is 12.6 Å². The number of aromatic nitrogens is 2. The fraction of sp³-hybridized carbons (Fsp3) is 0.160. The number of para-hydroxylation sites is 1. The maximum atomic E-state index is 12.5. The van der Waals surface area contributed by atoms with E-state index in [4.69, 9.17) is 4.74 Å². The van der Waals surface area contributed by atoms with Gasteiger partial charge in [0.2, 0.25) is 5.95 Å². The number of anilines is 3. The SMILES string of the molecule is COC(=O)Nc1nc2c(Oc3cccc(NC(=O)Nc4ccc5c(c4)CCC5)c3)cccc2[nH]1. The van der Waals surface area contributed by atoms with E-state index in [-0.39, 0.29) is 12.0 Å². The minimum absolute atomic E-state index is 0.247. The normalized spacial score (nSPS) is 12.1.